The van der Waals surface area contributed by atoms with Gasteiger partial charge in [-0.25, -0.2) is 0 Å². The van der Waals surface area contributed by atoms with E-state index in [1.165, 1.54) is 113 Å². The van der Waals surface area contributed by atoms with Crippen LogP contribution >= 0.6 is 0 Å². The van der Waals surface area contributed by atoms with E-state index in [-0.39, 0.29) is 0 Å². The highest BCUT2D eigenvalue weighted by Gasteiger charge is 2.19. The molecule has 3 rings (SSSR count). The lowest BCUT2D eigenvalue weighted by molar-refractivity contribution is 0.667. The largest absolute Gasteiger partial charge is 0.132 e. The summed E-state index contributed by atoms with van der Waals surface area (Å²) in [6, 6.07) is 29.1. The molecule has 0 nitrogen and oxygen atoms in total. The lowest BCUT2D eigenvalue weighted by Crippen LogP contribution is -2.52. The van der Waals surface area contributed by atoms with Gasteiger partial charge in [0.05, 0.1) is 0 Å². The topological polar surface area (TPSA) is 0 Å². The van der Waals surface area contributed by atoms with E-state index in [4.69, 9.17) is 0 Å². The molecule has 0 saturated carbocycles. The first kappa shape index (κ1) is 29.4. The van der Waals surface area contributed by atoms with E-state index in [2.05, 4.69) is 93.6 Å². The minimum Gasteiger partial charge on any atom is -0.0654 e. The van der Waals surface area contributed by atoms with Gasteiger partial charge in [0.15, 0.2) is 0 Å². The molecule has 0 N–H and O–H groups in total. The predicted molar refractivity (Wildman–Crippen MR) is 169 cm³/mol. The van der Waals surface area contributed by atoms with E-state index in [1.54, 1.807) is 15.6 Å². The Morgan fingerprint density at radius 2 is 0.622 bits per heavy atom. The molecule has 0 unspecified atom stereocenters. The third-order valence-corrected chi connectivity index (χ3v) is 11.1. The van der Waals surface area contributed by atoms with Gasteiger partial charge in [-0.3, -0.25) is 0 Å². The van der Waals surface area contributed by atoms with Crippen molar-refractivity contribution < 1.29 is 0 Å². The minimum atomic E-state index is -1.49. The number of benzene rings is 3. The molecule has 0 heterocycles. The quantitative estimate of drug-likeness (QED) is 0.0913. The first-order valence-electron chi connectivity index (χ1n) is 15.5. The Morgan fingerprint density at radius 3 is 0.865 bits per heavy atom. The van der Waals surface area contributed by atoms with Gasteiger partial charge < -0.3 is 0 Å². The van der Waals surface area contributed by atoms with Crippen molar-refractivity contribution >= 4 is 24.4 Å². The summed E-state index contributed by atoms with van der Waals surface area (Å²) in [4.78, 5) is 0. The molecule has 0 bridgehead atoms. The zero-order chi connectivity index (χ0) is 26.1. The Kier molecular flexibility index (Phi) is 13.8. The highest BCUT2D eigenvalue weighted by atomic mass is 28.3. The standard InChI is InChI=1S/C36H52Si/c1-4-7-10-13-16-31-19-25-34(26-20-31)37(35-27-21-32(22-28-35)17-14-11-8-5-2)36-29-23-33(24-30-36)18-15-12-9-6-3/h19-30,37H,4-18H2,1-3H3. The lowest BCUT2D eigenvalue weighted by atomic mass is 10.1. The van der Waals surface area contributed by atoms with Crippen LogP contribution in [0.3, 0.4) is 0 Å². The maximum Gasteiger partial charge on any atom is 0.132 e. The number of hydrogen-bond donors (Lipinski definition) is 0. The summed E-state index contributed by atoms with van der Waals surface area (Å²) in [5.74, 6) is 0. The molecule has 0 radical (unpaired) electrons. The van der Waals surface area contributed by atoms with Gasteiger partial charge in [0.25, 0.3) is 0 Å². The molecule has 0 aliphatic rings. The normalized spacial score (nSPS) is 11.4. The van der Waals surface area contributed by atoms with Crippen molar-refractivity contribution in [3.8, 4) is 0 Å². The lowest BCUT2D eigenvalue weighted by Gasteiger charge is -2.19. The summed E-state index contributed by atoms with van der Waals surface area (Å²) in [5, 5.41) is 4.64. The van der Waals surface area contributed by atoms with Crippen LogP contribution in [0.5, 0.6) is 0 Å². The molecular weight excluding hydrogens is 460 g/mol. The molecule has 0 aliphatic carbocycles. The Bertz CT molecular complexity index is 837. The smallest absolute Gasteiger partial charge is 0.0654 e. The highest BCUT2D eigenvalue weighted by Crippen LogP contribution is 2.11. The summed E-state index contributed by atoms with van der Waals surface area (Å²) in [7, 11) is -1.49. The second-order valence-electron chi connectivity index (χ2n) is 11.1. The zero-order valence-electron chi connectivity index (χ0n) is 24.1. The molecule has 3 aromatic rings. The first-order valence-corrected chi connectivity index (χ1v) is 17.2. The van der Waals surface area contributed by atoms with E-state index in [0.29, 0.717) is 0 Å². The molecule has 0 saturated heterocycles. The van der Waals surface area contributed by atoms with Crippen LogP contribution in [0.25, 0.3) is 0 Å². The van der Waals surface area contributed by atoms with Crippen molar-refractivity contribution in [2.24, 2.45) is 0 Å². The number of hydrogen-bond acceptors (Lipinski definition) is 0. The van der Waals surface area contributed by atoms with Gasteiger partial charge in [0, 0.05) is 0 Å². The highest BCUT2D eigenvalue weighted by molar-refractivity contribution is 6.95. The summed E-state index contributed by atoms with van der Waals surface area (Å²) in [6.07, 6.45) is 19.6. The van der Waals surface area contributed by atoms with Gasteiger partial charge in [0.1, 0.15) is 8.80 Å². The summed E-state index contributed by atoms with van der Waals surface area (Å²) >= 11 is 0. The van der Waals surface area contributed by atoms with Crippen molar-refractivity contribution in [2.45, 2.75) is 117 Å². The van der Waals surface area contributed by atoms with Crippen LogP contribution in [0.1, 0.15) is 115 Å². The first-order chi connectivity index (χ1) is 18.2. The van der Waals surface area contributed by atoms with E-state index in [0.717, 1.165) is 0 Å². The molecule has 1 heteroatoms. The van der Waals surface area contributed by atoms with E-state index >= 15 is 0 Å². The van der Waals surface area contributed by atoms with Crippen LogP contribution in [0.15, 0.2) is 72.8 Å². The molecule has 3 aromatic carbocycles. The van der Waals surface area contributed by atoms with Crippen LogP contribution in [-0.4, -0.2) is 8.80 Å². The third kappa shape index (κ3) is 10.3. The number of aryl methyl sites for hydroxylation is 3. The van der Waals surface area contributed by atoms with Crippen LogP contribution < -0.4 is 15.6 Å². The Balaban J connectivity index is 1.77. The maximum absolute atomic E-state index is 2.45. The van der Waals surface area contributed by atoms with Gasteiger partial charge in [0.2, 0.25) is 0 Å². The minimum absolute atomic E-state index is 1.21. The van der Waals surface area contributed by atoms with Crippen LogP contribution in [0.4, 0.5) is 0 Å². The van der Waals surface area contributed by atoms with Crippen molar-refractivity contribution in [1.29, 1.82) is 0 Å². The summed E-state index contributed by atoms with van der Waals surface area (Å²) < 4.78 is 0. The van der Waals surface area contributed by atoms with E-state index < -0.39 is 8.80 Å². The van der Waals surface area contributed by atoms with Crippen LogP contribution in [-0.2, 0) is 19.3 Å². The molecule has 0 aromatic heterocycles. The fourth-order valence-corrected chi connectivity index (χ4v) is 8.36. The molecule has 0 amide bonds. The van der Waals surface area contributed by atoms with Gasteiger partial charge >= 0.3 is 0 Å². The average molecular weight is 513 g/mol. The Labute approximate surface area is 230 Å². The Hall–Kier alpha value is -2.12. The molecule has 0 fully saturated rings. The number of unbranched alkanes of at least 4 members (excludes halogenated alkanes) is 9. The SMILES string of the molecule is CCCCCCc1ccc([SiH](c2ccc(CCCCCC)cc2)c2ccc(CCCCCC)cc2)cc1. The molecular formula is C36H52Si. The van der Waals surface area contributed by atoms with Crippen molar-refractivity contribution in [1.82, 2.24) is 0 Å². The maximum atomic E-state index is 2.45. The third-order valence-electron chi connectivity index (χ3n) is 7.90. The van der Waals surface area contributed by atoms with E-state index in [9.17, 15) is 0 Å². The van der Waals surface area contributed by atoms with Crippen molar-refractivity contribution in [3.63, 3.8) is 0 Å². The second-order valence-corrected chi connectivity index (χ2v) is 14.0. The molecule has 37 heavy (non-hydrogen) atoms. The van der Waals surface area contributed by atoms with Gasteiger partial charge in [-0.15, -0.1) is 0 Å². The fourth-order valence-electron chi connectivity index (χ4n) is 5.48. The average Bonchev–Trinajstić information content (AvgIpc) is 2.94. The monoisotopic (exact) mass is 512 g/mol. The van der Waals surface area contributed by atoms with E-state index in [1.807, 2.05) is 0 Å². The summed E-state index contributed by atoms with van der Waals surface area (Å²) in [5.41, 5.74) is 4.49. The molecule has 0 aliphatic heterocycles. The number of rotatable bonds is 18. The molecule has 0 spiro atoms. The van der Waals surface area contributed by atoms with Crippen molar-refractivity contribution in [3.05, 3.63) is 89.5 Å². The fraction of sp³-hybridized carbons (Fsp3) is 0.500. The second kappa shape index (κ2) is 17.4. The molecule has 200 valence electrons. The zero-order valence-corrected chi connectivity index (χ0v) is 25.3. The van der Waals surface area contributed by atoms with Gasteiger partial charge in [-0.1, -0.05) is 167 Å². The van der Waals surface area contributed by atoms with Crippen LogP contribution in [0.2, 0.25) is 0 Å². The van der Waals surface area contributed by atoms with Gasteiger partial charge in [-0.05, 0) is 55.2 Å². The van der Waals surface area contributed by atoms with Gasteiger partial charge in [-0.2, -0.15) is 0 Å². The summed E-state index contributed by atoms with van der Waals surface area (Å²) in [6.45, 7) is 6.87. The van der Waals surface area contributed by atoms with Crippen molar-refractivity contribution in [2.75, 3.05) is 0 Å². The van der Waals surface area contributed by atoms with Crippen LogP contribution in [0, 0.1) is 0 Å². The predicted octanol–water partition coefficient (Wildman–Crippen LogP) is 8.30. The molecule has 0 atom stereocenters. The Morgan fingerprint density at radius 1 is 0.351 bits per heavy atom.